The quantitative estimate of drug-likeness (QED) is 0.314. The van der Waals surface area contributed by atoms with Gasteiger partial charge in [0.05, 0.1) is 0 Å². The minimum absolute atomic E-state index is 0. The molecule has 4 nitrogen and oxygen atoms in total. The van der Waals surface area contributed by atoms with E-state index in [-0.39, 0.29) is 24.0 Å². The Morgan fingerprint density at radius 1 is 1.35 bits per heavy atom. The summed E-state index contributed by atoms with van der Waals surface area (Å²) in [5.74, 6) is 2.00. The summed E-state index contributed by atoms with van der Waals surface area (Å²) in [6.07, 6.45) is 3.30. The van der Waals surface area contributed by atoms with Crippen LogP contribution in [0.2, 0.25) is 0 Å². The molecule has 0 spiro atoms. The van der Waals surface area contributed by atoms with E-state index < -0.39 is 0 Å². The second-order valence-electron chi connectivity index (χ2n) is 5.23. The fourth-order valence-corrected chi connectivity index (χ4v) is 2.06. The molecule has 2 rings (SSSR count). The number of aryl methyl sites for hydroxylation is 1. The minimum Gasteiger partial charge on any atom is -0.508 e. The van der Waals surface area contributed by atoms with Gasteiger partial charge in [-0.2, -0.15) is 0 Å². The summed E-state index contributed by atoms with van der Waals surface area (Å²) >= 11 is 0. The van der Waals surface area contributed by atoms with Crippen LogP contribution in [0.1, 0.15) is 25.3 Å². The number of nitrogens with zero attached hydrogens (tertiary/aromatic N) is 1. The van der Waals surface area contributed by atoms with Crippen LogP contribution in [0, 0.1) is 5.92 Å². The first-order valence-electron chi connectivity index (χ1n) is 6.94. The summed E-state index contributed by atoms with van der Waals surface area (Å²) in [4.78, 5) is 4.22. The third-order valence-corrected chi connectivity index (χ3v) is 3.53. The number of guanidine groups is 1. The van der Waals surface area contributed by atoms with Crippen molar-refractivity contribution in [3.8, 4) is 5.75 Å². The van der Waals surface area contributed by atoms with Crippen molar-refractivity contribution < 1.29 is 5.11 Å². The number of phenolic OH excluding ortho intramolecular Hbond substituents is 1. The number of nitrogens with one attached hydrogen (secondary N) is 2. The zero-order valence-corrected chi connectivity index (χ0v) is 14.4. The number of aromatic hydroxyl groups is 1. The molecule has 0 radical (unpaired) electrons. The van der Waals surface area contributed by atoms with Crippen molar-refractivity contribution in [1.29, 1.82) is 0 Å². The first-order chi connectivity index (χ1) is 9.19. The zero-order chi connectivity index (χ0) is 13.7. The fraction of sp³-hybridized carbons (Fsp3) is 0.533. The van der Waals surface area contributed by atoms with Gasteiger partial charge in [-0.1, -0.05) is 19.1 Å². The molecule has 20 heavy (non-hydrogen) atoms. The van der Waals surface area contributed by atoms with Crippen LogP contribution >= 0.6 is 24.0 Å². The van der Waals surface area contributed by atoms with Gasteiger partial charge in [0.2, 0.25) is 0 Å². The predicted molar refractivity (Wildman–Crippen MR) is 93.9 cm³/mol. The van der Waals surface area contributed by atoms with E-state index in [1.54, 1.807) is 12.1 Å². The lowest BCUT2D eigenvalue weighted by atomic mass is 10.1. The lowest BCUT2D eigenvalue weighted by Crippen LogP contribution is -2.39. The molecule has 1 aromatic carbocycles. The lowest BCUT2D eigenvalue weighted by Gasteiger charge is -2.11. The molecule has 1 fully saturated rings. The largest absolute Gasteiger partial charge is 0.508 e. The smallest absolute Gasteiger partial charge is 0.191 e. The molecule has 2 atom stereocenters. The molecule has 1 saturated carbocycles. The van der Waals surface area contributed by atoms with Crippen molar-refractivity contribution in [2.45, 2.75) is 32.2 Å². The molecule has 0 aromatic heterocycles. The van der Waals surface area contributed by atoms with Gasteiger partial charge < -0.3 is 15.7 Å². The molecule has 112 valence electrons. The van der Waals surface area contributed by atoms with E-state index >= 15 is 0 Å². The number of benzene rings is 1. The molecule has 0 heterocycles. The van der Waals surface area contributed by atoms with Crippen LogP contribution in [0.4, 0.5) is 0 Å². The first kappa shape index (κ1) is 17.1. The molecule has 0 aliphatic heterocycles. The topological polar surface area (TPSA) is 56.7 Å². The summed E-state index contributed by atoms with van der Waals surface area (Å²) < 4.78 is 0. The highest BCUT2D eigenvalue weighted by atomic mass is 127. The number of hydrogen-bond donors (Lipinski definition) is 3. The van der Waals surface area contributed by atoms with Gasteiger partial charge in [0.15, 0.2) is 5.96 Å². The van der Waals surface area contributed by atoms with Crippen LogP contribution in [0.15, 0.2) is 29.3 Å². The standard InChI is InChI=1S/C15H23N3O.HI/c1-11-10-14(11)18-15(16-2)17-9-3-4-12-5-7-13(19)8-6-12;/h5-8,11,14,19H,3-4,9-10H2,1-2H3,(H2,16,17,18);1H. The highest BCUT2D eigenvalue weighted by Crippen LogP contribution is 2.28. The third kappa shape index (κ3) is 5.56. The SMILES string of the molecule is CN=C(NCCCc1ccc(O)cc1)NC1CC1C.I. The fourth-order valence-electron chi connectivity index (χ4n) is 2.06. The Kier molecular flexibility index (Phi) is 7.12. The van der Waals surface area contributed by atoms with E-state index in [1.807, 2.05) is 19.2 Å². The average Bonchev–Trinajstić information content (AvgIpc) is 3.11. The van der Waals surface area contributed by atoms with Gasteiger partial charge in [-0.05, 0) is 42.9 Å². The number of aliphatic imine (C=N–C) groups is 1. The molecule has 1 aliphatic rings. The van der Waals surface area contributed by atoms with Gasteiger partial charge in [-0.15, -0.1) is 24.0 Å². The maximum Gasteiger partial charge on any atom is 0.191 e. The molecule has 0 bridgehead atoms. The molecule has 0 amide bonds. The van der Waals surface area contributed by atoms with Crippen molar-refractivity contribution in [3.05, 3.63) is 29.8 Å². The Morgan fingerprint density at radius 2 is 2.00 bits per heavy atom. The molecule has 3 N–H and O–H groups in total. The van der Waals surface area contributed by atoms with Crippen LogP contribution in [0.25, 0.3) is 0 Å². The highest BCUT2D eigenvalue weighted by molar-refractivity contribution is 14.0. The van der Waals surface area contributed by atoms with Crippen LogP contribution < -0.4 is 10.6 Å². The Bertz CT molecular complexity index is 433. The minimum atomic E-state index is 0. The Labute approximate surface area is 138 Å². The number of rotatable bonds is 5. The second-order valence-corrected chi connectivity index (χ2v) is 5.23. The normalized spacial score (nSPS) is 21.0. The molecule has 0 saturated heterocycles. The van der Waals surface area contributed by atoms with E-state index in [4.69, 9.17) is 0 Å². The molecule has 1 aliphatic carbocycles. The molecular formula is C15H24IN3O. The average molecular weight is 389 g/mol. The van der Waals surface area contributed by atoms with Gasteiger partial charge in [-0.3, -0.25) is 4.99 Å². The molecule has 1 aromatic rings. The molecule has 2 unspecified atom stereocenters. The van der Waals surface area contributed by atoms with E-state index in [1.165, 1.54) is 12.0 Å². The molecular weight excluding hydrogens is 365 g/mol. The maximum atomic E-state index is 9.21. The van der Waals surface area contributed by atoms with Crippen LogP contribution in [0.3, 0.4) is 0 Å². The summed E-state index contributed by atoms with van der Waals surface area (Å²) in [5.41, 5.74) is 1.25. The van der Waals surface area contributed by atoms with E-state index in [9.17, 15) is 5.11 Å². The number of phenols is 1. The highest BCUT2D eigenvalue weighted by Gasteiger charge is 2.32. The predicted octanol–water partition coefficient (Wildman–Crippen LogP) is 2.52. The Hall–Kier alpha value is -0.980. The van der Waals surface area contributed by atoms with Crippen molar-refractivity contribution in [1.82, 2.24) is 10.6 Å². The van der Waals surface area contributed by atoms with Gasteiger partial charge in [0, 0.05) is 19.6 Å². The van der Waals surface area contributed by atoms with E-state index in [0.717, 1.165) is 31.3 Å². The first-order valence-corrected chi connectivity index (χ1v) is 6.94. The van der Waals surface area contributed by atoms with E-state index in [2.05, 4.69) is 22.5 Å². The summed E-state index contributed by atoms with van der Waals surface area (Å²) in [6.45, 7) is 3.15. The van der Waals surface area contributed by atoms with Crippen molar-refractivity contribution in [3.63, 3.8) is 0 Å². The Morgan fingerprint density at radius 3 is 2.55 bits per heavy atom. The van der Waals surface area contributed by atoms with Crippen molar-refractivity contribution in [2.75, 3.05) is 13.6 Å². The second kappa shape index (κ2) is 8.34. The lowest BCUT2D eigenvalue weighted by molar-refractivity contribution is 0.475. The van der Waals surface area contributed by atoms with Crippen LogP contribution in [0.5, 0.6) is 5.75 Å². The van der Waals surface area contributed by atoms with Gasteiger partial charge in [0.25, 0.3) is 0 Å². The van der Waals surface area contributed by atoms with Crippen molar-refractivity contribution in [2.24, 2.45) is 10.9 Å². The van der Waals surface area contributed by atoms with E-state index in [0.29, 0.717) is 11.8 Å². The summed E-state index contributed by atoms with van der Waals surface area (Å²) in [5, 5.41) is 15.9. The summed E-state index contributed by atoms with van der Waals surface area (Å²) in [6, 6.07) is 8.00. The Balaban J connectivity index is 0.00000200. The number of hydrogen-bond acceptors (Lipinski definition) is 2. The maximum absolute atomic E-state index is 9.21. The molecule has 5 heteroatoms. The van der Waals surface area contributed by atoms with Crippen molar-refractivity contribution >= 4 is 29.9 Å². The van der Waals surface area contributed by atoms with Gasteiger partial charge in [0.1, 0.15) is 5.75 Å². The number of halogens is 1. The third-order valence-electron chi connectivity index (χ3n) is 3.53. The van der Waals surface area contributed by atoms with Crippen LogP contribution in [-0.2, 0) is 6.42 Å². The zero-order valence-electron chi connectivity index (χ0n) is 12.1. The van der Waals surface area contributed by atoms with Gasteiger partial charge in [-0.25, -0.2) is 0 Å². The van der Waals surface area contributed by atoms with Gasteiger partial charge >= 0.3 is 0 Å². The summed E-state index contributed by atoms with van der Waals surface area (Å²) in [7, 11) is 1.81. The monoisotopic (exact) mass is 389 g/mol. The van der Waals surface area contributed by atoms with Crippen LogP contribution in [-0.4, -0.2) is 30.7 Å².